The molecule has 0 spiro atoms. The van der Waals surface area contributed by atoms with Crippen LogP contribution in [0.5, 0.6) is 0 Å². The molecule has 2 unspecified atom stereocenters. The number of nitrogens with zero attached hydrogens (tertiary/aromatic N) is 2. The van der Waals surface area contributed by atoms with Crippen LogP contribution in [0, 0.1) is 0 Å². The zero-order valence-corrected chi connectivity index (χ0v) is 21.2. The number of ether oxygens (including phenoxy) is 1. The van der Waals surface area contributed by atoms with Gasteiger partial charge in [-0.05, 0) is 36.2 Å². The van der Waals surface area contributed by atoms with E-state index in [1.54, 1.807) is 11.0 Å². The number of carbonyl (C=O) groups is 4. The number of hydrogen-bond acceptors (Lipinski definition) is 7. The second-order valence-electron chi connectivity index (χ2n) is 9.96. The fourth-order valence-corrected chi connectivity index (χ4v) is 5.53. The van der Waals surface area contributed by atoms with Crippen molar-refractivity contribution in [1.29, 1.82) is 0 Å². The number of aliphatic hydroxyl groups is 1. The van der Waals surface area contributed by atoms with Gasteiger partial charge in [0, 0.05) is 24.7 Å². The minimum Gasteiger partial charge on any atom is -0.434 e. The van der Waals surface area contributed by atoms with Crippen molar-refractivity contribution in [2.75, 3.05) is 19.6 Å². The number of nitrogens with one attached hydrogen (secondary N) is 2. The fraction of sp³-hybridized carbons (Fsp3) is 0.429. The molecule has 0 aromatic heterocycles. The maximum Gasteiger partial charge on any atom is 0.310 e. The van der Waals surface area contributed by atoms with Crippen LogP contribution in [-0.4, -0.2) is 88.7 Å². The first-order valence-electron chi connectivity index (χ1n) is 13.0. The number of fused-ring (bicyclic) bond motifs is 2. The number of aliphatic hydroxyl groups excluding tert-OH is 1. The highest BCUT2D eigenvalue weighted by Gasteiger charge is 2.45. The fourth-order valence-electron chi connectivity index (χ4n) is 5.53. The van der Waals surface area contributed by atoms with E-state index in [1.165, 1.54) is 0 Å². The van der Waals surface area contributed by atoms with Crippen LogP contribution in [0.2, 0.25) is 0 Å². The molecule has 3 aliphatic heterocycles. The van der Waals surface area contributed by atoms with Crippen LogP contribution >= 0.6 is 0 Å². The summed E-state index contributed by atoms with van der Waals surface area (Å²) in [5.74, 6) is -1.75. The first-order chi connectivity index (χ1) is 18.4. The Bertz CT molecular complexity index is 1270. The van der Waals surface area contributed by atoms with Gasteiger partial charge in [0.25, 0.3) is 5.91 Å². The van der Waals surface area contributed by atoms with E-state index in [1.807, 2.05) is 55.5 Å². The Kier molecular flexibility index (Phi) is 7.44. The third-order valence-electron chi connectivity index (χ3n) is 7.53. The predicted octanol–water partition coefficient (Wildman–Crippen LogP) is 0.940. The first kappa shape index (κ1) is 25.9. The number of esters is 1. The van der Waals surface area contributed by atoms with E-state index in [4.69, 9.17) is 4.74 Å². The molecule has 3 heterocycles. The van der Waals surface area contributed by atoms with E-state index >= 15 is 0 Å². The Morgan fingerprint density at radius 1 is 1.03 bits per heavy atom. The number of likely N-dealkylation sites (N-methyl/N-ethyl adjacent to an activating group) is 1. The Morgan fingerprint density at radius 3 is 2.55 bits per heavy atom. The molecule has 0 radical (unpaired) electrons. The van der Waals surface area contributed by atoms with E-state index < -0.39 is 36.3 Å². The van der Waals surface area contributed by atoms with Gasteiger partial charge in [0.1, 0.15) is 18.1 Å². The number of benzene rings is 2. The smallest absolute Gasteiger partial charge is 0.310 e. The monoisotopic (exact) mass is 520 g/mol. The SMILES string of the molecule is CCN1C[C@@H]2CC=CC[C@H](NC(=O)c3cccc4ccccc34)C(=O)N2[C@H](C(=O)NC2CC(=O)OC2O)C1. The molecule has 3 aliphatic rings. The third kappa shape index (κ3) is 5.14. The quantitative estimate of drug-likeness (QED) is 0.395. The number of cyclic esters (lactones) is 1. The van der Waals surface area contributed by atoms with Gasteiger partial charge in [-0.3, -0.25) is 24.1 Å². The number of carbonyl (C=O) groups excluding carboxylic acids is 4. The van der Waals surface area contributed by atoms with Crippen LogP contribution in [0.3, 0.4) is 0 Å². The first-order valence-corrected chi connectivity index (χ1v) is 13.0. The van der Waals surface area contributed by atoms with Crippen molar-refractivity contribution in [2.24, 2.45) is 0 Å². The van der Waals surface area contributed by atoms with Crippen molar-refractivity contribution in [3.63, 3.8) is 0 Å². The van der Waals surface area contributed by atoms with Gasteiger partial charge in [0.2, 0.25) is 18.1 Å². The highest BCUT2D eigenvalue weighted by molar-refractivity contribution is 6.08. The molecule has 2 saturated heterocycles. The summed E-state index contributed by atoms with van der Waals surface area (Å²) >= 11 is 0. The van der Waals surface area contributed by atoms with Crippen molar-refractivity contribution in [3.05, 3.63) is 60.2 Å². The third-order valence-corrected chi connectivity index (χ3v) is 7.53. The van der Waals surface area contributed by atoms with E-state index in [0.717, 1.165) is 10.8 Å². The summed E-state index contributed by atoms with van der Waals surface area (Å²) in [6.45, 7) is 3.58. The van der Waals surface area contributed by atoms with Crippen molar-refractivity contribution in [2.45, 2.75) is 56.6 Å². The molecular weight excluding hydrogens is 488 g/mol. The predicted molar refractivity (Wildman–Crippen MR) is 139 cm³/mol. The molecule has 3 amide bonds. The summed E-state index contributed by atoms with van der Waals surface area (Å²) in [5, 5.41) is 17.3. The van der Waals surface area contributed by atoms with Crippen molar-refractivity contribution in [3.8, 4) is 0 Å². The molecule has 5 rings (SSSR count). The molecule has 2 aromatic rings. The van der Waals surface area contributed by atoms with Gasteiger partial charge < -0.3 is 25.4 Å². The normalized spacial score (nSPS) is 27.8. The van der Waals surface area contributed by atoms with E-state index in [-0.39, 0.29) is 24.3 Å². The largest absolute Gasteiger partial charge is 0.434 e. The summed E-state index contributed by atoms with van der Waals surface area (Å²) in [6.07, 6.45) is 3.20. The van der Waals surface area contributed by atoms with E-state index in [9.17, 15) is 24.3 Å². The van der Waals surface area contributed by atoms with Gasteiger partial charge in [-0.25, -0.2) is 0 Å². The number of piperazine rings is 1. The standard InChI is InChI=1S/C28H32N4O6/c1-2-31-15-18-10-4-6-13-21(29-25(34)20-12-7-9-17-8-3-5-11-19(17)20)27(36)32(18)23(16-31)26(35)30-22-14-24(33)38-28(22)37/h3-9,11-12,18,21-23,28,37H,2,10,13-16H2,1H3,(H,29,34)(H,30,35)/t18-,21-,22?,23-,28?/m0/s1. The van der Waals surface area contributed by atoms with Crippen molar-refractivity contribution < 1.29 is 29.0 Å². The molecule has 0 saturated carbocycles. The summed E-state index contributed by atoms with van der Waals surface area (Å²) in [5.41, 5.74) is 0.475. The lowest BCUT2D eigenvalue weighted by Gasteiger charge is -2.47. The van der Waals surface area contributed by atoms with Gasteiger partial charge in [-0.2, -0.15) is 0 Å². The van der Waals surface area contributed by atoms with Crippen LogP contribution in [0.1, 0.15) is 36.5 Å². The summed E-state index contributed by atoms with van der Waals surface area (Å²) in [4.78, 5) is 56.1. The molecule has 0 bridgehead atoms. The summed E-state index contributed by atoms with van der Waals surface area (Å²) in [7, 11) is 0. The summed E-state index contributed by atoms with van der Waals surface area (Å²) in [6, 6.07) is 10.2. The van der Waals surface area contributed by atoms with Crippen LogP contribution < -0.4 is 10.6 Å². The van der Waals surface area contributed by atoms with Gasteiger partial charge in [0.05, 0.1) is 6.42 Å². The van der Waals surface area contributed by atoms with E-state index in [0.29, 0.717) is 38.0 Å². The lowest BCUT2D eigenvalue weighted by atomic mass is 9.96. The van der Waals surface area contributed by atoms with Crippen LogP contribution in [0.25, 0.3) is 10.8 Å². The second kappa shape index (κ2) is 10.9. The second-order valence-corrected chi connectivity index (χ2v) is 9.96. The highest BCUT2D eigenvalue weighted by atomic mass is 16.6. The van der Waals surface area contributed by atoms with Crippen LogP contribution in [0.15, 0.2) is 54.6 Å². The summed E-state index contributed by atoms with van der Waals surface area (Å²) < 4.78 is 4.76. The Balaban J connectivity index is 1.40. The van der Waals surface area contributed by atoms with Crippen LogP contribution in [0.4, 0.5) is 0 Å². The molecule has 10 heteroatoms. The Morgan fingerprint density at radius 2 is 1.79 bits per heavy atom. The highest BCUT2D eigenvalue weighted by Crippen LogP contribution is 2.25. The average Bonchev–Trinajstić information content (AvgIpc) is 3.23. The molecule has 5 atom stereocenters. The minimum atomic E-state index is -1.42. The molecule has 2 fully saturated rings. The van der Waals surface area contributed by atoms with Crippen LogP contribution in [-0.2, 0) is 19.1 Å². The Hall–Kier alpha value is -3.76. The zero-order chi connectivity index (χ0) is 26.8. The van der Waals surface area contributed by atoms with Gasteiger partial charge in [-0.15, -0.1) is 0 Å². The molecule has 0 aliphatic carbocycles. The molecule has 200 valence electrons. The topological polar surface area (TPSA) is 128 Å². The molecular formula is C28H32N4O6. The molecule has 10 nitrogen and oxygen atoms in total. The van der Waals surface area contributed by atoms with Crippen molar-refractivity contribution >= 4 is 34.5 Å². The van der Waals surface area contributed by atoms with Gasteiger partial charge in [0.15, 0.2) is 0 Å². The molecule has 3 N–H and O–H groups in total. The number of amides is 3. The van der Waals surface area contributed by atoms with Gasteiger partial charge in [-0.1, -0.05) is 55.5 Å². The van der Waals surface area contributed by atoms with Crippen molar-refractivity contribution in [1.82, 2.24) is 20.4 Å². The number of hydrogen-bond donors (Lipinski definition) is 3. The maximum atomic E-state index is 14.0. The van der Waals surface area contributed by atoms with E-state index in [2.05, 4.69) is 15.5 Å². The minimum absolute atomic E-state index is 0.138. The molecule has 2 aromatic carbocycles. The van der Waals surface area contributed by atoms with Gasteiger partial charge >= 0.3 is 5.97 Å². The molecule has 38 heavy (non-hydrogen) atoms. The number of rotatable bonds is 5. The average molecular weight is 521 g/mol. The lowest BCUT2D eigenvalue weighted by Crippen LogP contribution is -2.68. The zero-order valence-electron chi connectivity index (χ0n) is 21.2. The Labute approximate surface area is 220 Å². The lowest BCUT2D eigenvalue weighted by molar-refractivity contribution is -0.156. The maximum absolute atomic E-state index is 14.0.